The number of carbonyl (C=O) groups is 1. The Morgan fingerprint density at radius 2 is 1.36 bits per heavy atom. The van der Waals surface area contributed by atoms with E-state index < -0.39 is 0 Å². The molecule has 0 aromatic heterocycles. The van der Waals surface area contributed by atoms with Crippen molar-refractivity contribution in [2.45, 2.75) is 0 Å². The molecule has 1 rings (SSSR count). The van der Waals surface area contributed by atoms with Crippen LogP contribution in [0.2, 0.25) is 10.0 Å². The van der Waals surface area contributed by atoms with Crippen LogP contribution in [-0.4, -0.2) is 5.75 Å². The summed E-state index contributed by atoms with van der Waals surface area (Å²) in [6, 6.07) is 7.19. The van der Waals surface area contributed by atoms with Crippen LogP contribution in [0.5, 0.6) is 0 Å². The summed E-state index contributed by atoms with van der Waals surface area (Å²) in [6.07, 6.45) is 0. The molecule has 60 valence electrons. The third-order valence-corrected chi connectivity index (χ3v) is 1.58. The van der Waals surface area contributed by atoms with E-state index in [1.807, 2.05) is 12.1 Å². The molecule has 0 bridgehead atoms. The van der Waals surface area contributed by atoms with Crippen LogP contribution in [0.4, 0.5) is 0 Å². The summed E-state index contributed by atoms with van der Waals surface area (Å²) >= 11 is 15.5. The molecule has 0 atom stereocenters. The average molecular weight is 211 g/mol. The average Bonchev–Trinajstić information content (AvgIpc) is 1.97. The number of hydrogen-bond acceptors (Lipinski definition) is 1. The summed E-state index contributed by atoms with van der Waals surface area (Å²) in [4.78, 5) is 8.57. The number of carbonyl (C=O) groups excluding carboxylic acids is 1. The zero-order valence-corrected chi connectivity index (χ0v) is 7.70. The summed E-state index contributed by atoms with van der Waals surface area (Å²) in [5.74, 6) is 0.222. The highest BCUT2D eigenvalue weighted by molar-refractivity contribution is 6.54. The zero-order valence-electron chi connectivity index (χ0n) is 5.43. The van der Waals surface area contributed by atoms with Crippen molar-refractivity contribution >= 4 is 40.5 Å². The number of halogens is 3. The molecule has 0 radical (unpaired) electrons. The van der Waals surface area contributed by atoms with Crippen LogP contribution < -0.4 is 0 Å². The van der Waals surface area contributed by atoms with Crippen LogP contribution in [0.15, 0.2) is 24.3 Å². The molecule has 0 fully saturated rings. The predicted octanol–water partition coefficient (Wildman–Crippen LogP) is 3.41. The van der Waals surface area contributed by atoms with Gasteiger partial charge < -0.3 is 0 Å². The van der Waals surface area contributed by atoms with Crippen molar-refractivity contribution in [1.29, 1.82) is 0 Å². The van der Waals surface area contributed by atoms with E-state index in [2.05, 4.69) is 11.6 Å². The normalized spacial score (nSPS) is 7.91. The highest BCUT2D eigenvalue weighted by Gasteiger charge is 1.89. The van der Waals surface area contributed by atoms with Gasteiger partial charge in [-0.1, -0.05) is 35.3 Å². The Morgan fingerprint density at radius 1 is 1.09 bits per heavy atom. The maximum atomic E-state index is 8.57. The van der Waals surface area contributed by atoms with Crippen LogP contribution in [0, 0.1) is 0 Å². The molecule has 0 spiro atoms. The van der Waals surface area contributed by atoms with Gasteiger partial charge in [-0.25, -0.2) is 0 Å². The molecule has 0 N–H and O–H groups in total. The lowest BCUT2D eigenvalue weighted by atomic mass is 10.4. The van der Waals surface area contributed by atoms with E-state index >= 15 is 0 Å². The standard InChI is InChI=1S/C6H4Cl2.CHClO/c7-5-3-1-2-4-6(5)8;2-1-3/h1-4H;1H. The molecule has 4 heteroatoms. The van der Waals surface area contributed by atoms with Gasteiger partial charge in [-0.05, 0) is 23.7 Å². The Kier molecular flexibility index (Phi) is 6.33. The van der Waals surface area contributed by atoms with Crippen LogP contribution in [-0.2, 0) is 4.79 Å². The number of benzene rings is 1. The number of rotatable bonds is 0. The SMILES string of the molecule is Clc1ccccc1Cl.O=CCl. The van der Waals surface area contributed by atoms with Gasteiger partial charge in [0, 0.05) is 0 Å². The van der Waals surface area contributed by atoms with E-state index in [0.29, 0.717) is 10.0 Å². The van der Waals surface area contributed by atoms with E-state index in [1.54, 1.807) is 12.1 Å². The Bertz CT molecular complexity index is 204. The highest BCUT2D eigenvalue weighted by Crippen LogP contribution is 2.19. The van der Waals surface area contributed by atoms with Crippen molar-refractivity contribution in [2.24, 2.45) is 0 Å². The van der Waals surface area contributed by atoms with Crippen LogP contribution in [0.3, 0.4) is 0 Å². The first-order valence-corrected chi connectivity index (χ1v) is 3.85. The maximum Gasteiger partial charge on any atom is 0.208 e. The fourth-order valence-corrected chi connectivity index (χ4v) is 0.711. The van der Waals surface area contributed by atoms with Crippen molar-refractivity contribution in [3.63, 3.8) is 0 Å². The molecule has 0 heterocycles. The molecule has 0 aliphatic heterocycles. The van der Waals surface area contributed by atoms with Gasteiger partial charge in [0.15, 0.2) is 0 Å². The minimum atomic E-state index is 0.222. The van der Waals surface area contributed by atoms with Gasteiger partial charge in [0.05, 0.1) is 10.0 Å². The molecule has 1 aromatic rings. The molecule has 0 amide bonds. The summed E-state index contributed by atoms with van der Waals surface area (Å²) < 4.78 is 0. The van der Waals surface area contributed by atoms with Crippen molar-refractivity contribution in [2.75, 3.05) is 0 Å². The molecule has 11 heavy (non-hydrogen) atoms. The smallest absolute Gasteiger partial charge is 0.208 e. The van der Waals surface area contributed by atoms with E-state index in [0.717, 1.165) is 0 Å². The molecule has 0 aliphatic rings. The van der Waals surface area contributed by atoms with Gasteiger partial charge in [0.2, 0.25) is 5.75 Å². The second-order valence-electron chi connectivity index (χ2n) is 1.50. The van der Waals surface area contributed by atoms with E-state index in [4.69, 9.17) is 28.0 Å². The summed E-state index contributed by atoms with van der Waals surface area (Å²) in [5.41, 5.74) is 0. The van der Waals surface area contributed by atoms with Gasteiger partial charge in [0.1, 0.15) is 0 Å². The van der Waals surface area contributed by atoms with Crippen molar-refractivity contribution in [3.8, 4) is 0 Å². The third-order valence-electron chi connectivity index (χ3n) is 0.824. The number of hydrogen-bond donors (Lipinski definition) is 0. The quantitative estimate of drug-likeness (QED) is 0.475. The van der Waals surface area contributed by atoms with Crippen LogP contribution >= 0.6 is 34.8 Å². The lowest BCUT2D eigenvalue weighted by Crippen LogP contribution is -1.62. The van der Waals surface area contributed by atoms with Crippen molar-refractivity contribution in [1.82, 2.24) is 0 Å². The van der Waals surface area contributed by atoms with Crippen LogP contribution in [0.1, 0.15) is 0 Å². The Hall–Kier alpha value is -0.240. The van der Waals surface area contributed by atoms with Crippen molar-refractivity contribution in [3.05, 3.63) is 34.3 Å². The molecule has 0 aliphatic carbocycles. The van der Waals surface area contributed by atoms with Gasteiger partial charge in [-0.2, -0.15) is 0 Å². The lowest BCUT2D eigenvalue weighted by Gasteiger charge is -1.88. The minimum Gasteiger partial charge on any atom is -0.285 e. The minimum absolute atomic E-state index is 0.222. The van der Waals surface area contributed by atoms with Gasteiger partial charge in [0.25, 0.3) is 0 Å². The van der Waals surface area contributed by atoms with Gasteiger partial charge in [-0.15, -0.1) is 0 Å². The first kappa shape index (κ1) is 10.8. The topological polar surface area (TPSA) is 17.1 Å². The second-order valence-corrected chi connectivity index (χ2v) is 2.50. The fraction of sp³-hybridized carbons (Fsp3) is 0. The highest BCUT2D eigenvalue weighted by atomic mass is 35.5. The molecule has 0 saturated carbocycles. The molecule has 0 unspecified atom stereocenters. The Morgan fingerprint density at radius 3 is 1.55 bits per heavy atom. The predicted molar refractivity (Wildman–Crippen MR) is 49.1 cm³/mol. The first-order chi connectivity index (χ1) is 5.22. The largest absolute Gasteiger partial charge is 0.285 e. The summed E-state index contributed by atoms with van der Waals surface area (Å²) in [5, 5.41) is 1.21. The van der Waals surface area contributed by atoms with E-state index in [-0.39, 0.29) is 5.75 Å². The molecule has 1 aromatic carbocycles. The molecular weight excluding hydrogens is 206 g/mol. The first-order valence-electron chi connectivity index (χ1n) is 2.66. The van der Waals surface area contributed by atoms with E-state index in [1.165, 1.54) is 0 Å². The second kappa shape index (κ2) is 6.47. The summed E-state index contributed by atoms with van der Waals surface area (Å²) in [7, 11) is 0. The van der Waals surface area contributed by atoms with E-state index in [9.17, 15) is 0 Å². The monoisotopic (exact) mass is 210 g/mol. The van der Waals surface area contributed by atoms with Crippen LogP contribution in [0.25, 0.3) is 0 Å². The molecule has 0 saturated heterocycles. The Labute approximate surface area is 79.9 Å². The maximum absolute atomic E-state index is 8.57. The molecule has 1 nitrogen and oxygen atoms in total. The van der Waals surface area contributed by atoms with Crippen molar-refractivity contribution < 1.29 is 4.79 Å². The lowest BCUT2D eigenvalue weighted by molar-refractivity contribution is 0.569. The third kappa shape index (κ3) is 5.08. The van der Waals surface area contributed by atoms with Gasteiger partial charge >= 0.3 is 0 Å². The molecular formula is C7H5Cl3O. The Balaban J connectivity index is 0.000000292. The van der Waals surface area contributed by atoms with Gasteiger partial charge in [-0.3, -0.25) is 4.79 Å². The summed E-state index contributed by atoms with van der Waals surface area (Å²) in [6.45, 7) is 0. The zero-order chi connectivity index (χ0) is 8.69. The fourth-order valence-electron chi connectivity index (χ4n) is 0.439.